The highest BCUT2D eigenvalue weighted by Crippen LogP contribution is 2.31. The Morgan fingerprint density at radius 1 is 1.41 bits per heavy atom. The van der Waals surface area contributed by atoms with Gasteiger partial charge >= 0.3 is 0 Å². The van der Waals surface area contributed by atoms with Crippen LogP contribution in [0, 0.1) is 0 Å². The summed E-state index contributed by atoms with van der Waals surface area (Å²) in [6.07, 6.45) is 3.00. The van der Waals surface area contributed by atoms with Gasteiger partial charge in [0.15, 0.2) is 0 Å². The Balaban J connectivity index is 1.79. The zero-order valence-corrected chi connectivity index (χ0v) is 12.8. The average Bonchev–Trinajstić information content (AvgIpc) is 3.05. The summed E-state index contributed by atoms with van der Waals surface area (Å²) in [4.78, 5) is 23.6. The molecule has 1 aromatic carbocycles. The molecule has 3 rings (SSSR count). The first-order valence-corrected chi connectivity index (χ1v) is 7.52. The lowest BCUT2D eigenvalue weighted by Gasteiger charge is -1.98. The molecule has 0 spiro atoms. The van der Waals surface area contributed by atoms with Gasteiger partial charge in [-0.2, -0.15) is 5.10 Å². The maximum absolute atomic E-state index is 12.3. The summed E-state index contributed by atoms with van der Waals surface area (Å²) in [6.45, 7) is -0.0334. The number of carbonyl (C=O) groups is 2. The monoisotopic (exact) mass is 334 g/mol. The molecule has 0 aliphatic carbocycles. The first kappa shape index (κ1) is 14.6. The quantitative estimate of drug-likeness (QED) is 0.768. The van der Waals surface area contributed by atoms with E-state index in [9.17, 15) is 9.59 Å². The minimum Gasteiger partial charge on any atom is -0.368 e. The summed E-state index contributed by atoms with van der Waals surface area (Å²) in [6, 6.07) is 7.29. The van der Waals surface area contributed by atoms with E-state index in [-0.39, 0.29) is 12.5 Å². The topological polar surface area (TPSA) is 90.0 Å². The molecular weight excluding hydrogens is 324 g/mol. The predicted octanol–water partition coefficient (Wildman–Crippen LogP) is 2.49. The molecule has 2 amide bonds. The van der Waals surface area contributed by atoms with E-state index in [2.05, 4.69) is 10.4 Å². The van der Waals surface area contributed by atoms with E-state index in [0.717, 1.165) is 10.1 Å². The lowest BCUT2D eigenvalue weighted by Crippen LogP contribution is -2.18. The summed E-state index contributed by atoms with van der Waals surface area (Å²) in [7, 11) is 0. The third-order valence-electron chi connectivity index (χ3n) is 2.94. The number of hydrogen-bond donors (Lipinski definition) is 2. The zero-order valence-electron chi connectivity index (χ0n) is 11.2. The van der Waals surface area contributed by atoms with Crippen molar-refractivity contribution in [1.82, 2.24) is 9.78 Å². The van der Waals surface area contributed by atoms with Crippen LogP contribution in [0.1, 0.15) is 9.67 Å². The molecule has 0 bridgehead atoms. The van der Waals surface area contributed by atoms with Gasteiger partial charge in [0.25, 0.3) is 5.91 Å². The normalized spacial score (nSPS) is 10.8. The summed E-state index contributed by atoms with van der Waals surface area (Å²) in [5.41, 5.74) is 5.58. The summed E-state index contributed by atoms with van der Waals surface area (Å²) in [5.74, 6) is -0.754. The number of aromatic nitrogens is 2. The number of amides is 2. The number of rotatable bonds is 4. The molecule has 0 radical (unpaired) electrons. The van der Waals surface area contributed by atoms with E-state index in [4.69, 9.17) is 17.3 Å². The highest BCUT2D eigenvalue weighted by Gasteiger charge is 2.13. The Morgan fingerprint density at radius 2 is 2.23 bits per heavy atom. The Morgan fingerprint density at radius 3 is 2.95 bits per heavy atom. The fourth-order valence-electron chi connectivity index (χ4n) is 2.00. The van der Waals surface area contributed by atoms with E-state index >= 15 is 0 Å². The molecule has 2 heterocycles. The average molecular weight is 335 g/mol. The first-order chi connectivity index (χ1) is 10.5. The van der Waals surface area contributed by atoms with Crippen molar-refractivity contribution in [2.75, 3.05) is 5.32 Å². The van der Waals surface area contributed by atoms with Crippen molar-refractivity contribution in [3.05, 3.63) is 46.6 Å². The van der Waals surface area contributed by atoms with Crippen LogP contribution in [0.4, 0.5) is 5.69 Å². The van der Waals surface area contributed by atoms with Crippen LogP contribution in [0.5, 0.6) is 0 Å². The lowest BCUT2D eigenvalue weighted by atomic mass is 10.2. The third-order valence-corrected chi connectivity index (χ3v) is 4.37. The zero-order chi connectivity index (χ0) is 15.7. The largest absolute Gasteiger partial charge is 0.368 e. The molecule has 8 heteroatoms. The van der Waals surface area contributed by atoms with Gasteiger partial charge in [-0.1, -0.05) is 17.7 Å². The standard InChI is InChI=1S/C14H11ClN4O2S/c15-10-2-1-3-11-9(10)4-12(22-11)14(21)18-8-5-17-19(6-8)7-13(16)20/h1-6H,7H2,(H2,16,20)(H,18,21). The fourth-order valence-corrected chi connectivity index (χ4v) is 3.27. The molecule has 0 unspecified atom stereocenters. The second kappa shape index (κ2) is 5.78. The van der Waals surface area contributed by atoms with Crippen molar-refractivity contribution in [2.45, 2.75) is 6.54 Å². The van der Waals surface area contributed by atoms with E-state index in [0.29, 0.717) is 15.6 Å². The smallest absolute Gasteiger partial charge is 0.265 e. The van der Waals surface area contributed by atoms with Crippen molar-refractivity contribution in [3.8, 4) is 0 Å². The molecule has 3 aromatic rings. The van der Waals surface area contributed by atoms with Crippen molar-refractivity contribution in [2.24, 2.45) is 5.73 Å². The molecule has 0 aliphatic rings. The van der Waals surface area contributed by atoms with Crippen molar-refractivity contribution < 1.29 is 9.59 Å². The van der Waals surface area contributed by atoms with E-state index in [1.54, 1.807) is 18.3 Å². The van der Waals surface area contributed by atoms with Gasteiger partial charge in [0.1, 0.15) is 6.54 Å². The van der Waals surface area contributed by atoms with Crippen LogP contribution in [0.3, 0.4) is 0 Å². The van der Waals surface area contributed by atoms with Crippen LogP contribution in [0.2, 0.25) is 5.02 Å². The number of carbonyl (C=O) groups excluding carboxylic acids is 2. The van der Waals surface area contributed by atoms with Crippen LogP contribution in [-0.2, 0) is 11.3 Å². The summed E-state index contributed by atoms with van der Waals surface area (Å²) in [5, 5.41) is 8.13. The number of hydrogen-bond acceptors (Lipinski definition) is 4. The van der Waals surface area contributed by atoms with Gasteiger partial charge in [-0.3, -0.25) is 14.3 Å². The van der Waals surface area contributed by atoms with Gasteiger partial charge in [0.05, 0.1) is 16.8 Å². The number of nitrogens with zero attached hydrogens (tertiary/aromatic N) is 2. The highest BCUT2D eigenvalue weighted by molar-refractivity contribution is 7.21. The van der Waals surface area contributed by atoms with Crippen molar-refractivity contribution >= 4 is 50.5 Å². The molecule has 0 atom stereocenters. The van der Waals surface area contributed by atoms with E-state index in [1.807, 2.05) is 12.1 Å². The minimum absolute atomic E-state index is 0.0334. The summed E-state index contributed by atoms with van der Waals surface area (Å²) >= 11 is 7.46. The molecular formula is C14H11ClN4O2S. The number of anilines is 1. The second-order valence-corrected chi connectivity index (χ2v) is 6.10. The fraction of sp³-hybridized carbons (Fsp3) is 0.0714. The minimum atomic E-state index is -0.500. The van der Waals surface area contributed by atoms with Crippen molar-refractivity contribution in [3.63, 3.8) is 0 Å². The van der Waals surface area contributed by atoms with Gasteiger partial charge in [-0.15, -0.1) is 11.3 Å². The molecule has 0 saturated heterocycles. The van der Waals surface area contributed by atoms with Crippen molar-refractivity contribution in [1.29, 1.82) is 0 Å². The van der Waals surface area contributed by atoms with Gasteiger partial charge in [0, 0.05) is 21.3 Å². The molecule has 0 saturated carbocycles. The molecule has 112 valence electrons. The second-order valence-electron chi connectivity index (χ2n) is 4.61. The van der Waals surface area contributed by atoms with E-state index in [1.165, 1.54) is 22.2 Å². The molecule has 22 heavy (non-hydrogen) atoms. The van der Waals surface area contributed by atoms with Gasteiger partial charge < -0.3 is 11.1 Å². The number of fused-ring (bicyclic) bond motifs is 1. The maximum Gasteiger partial charge on any atom is 0.265 e. The molecule has 3 N–H and O–H groups in total. The Hall–Kier alpha value is -2.38. The molecule has 0 fully saturated rings. The number of primary amides is 1. The number of halogens is 1. The maximum atomic E-state index is 12.3. The predicted molar refractivity (Wildman–Crippen MR) is 86.2 cm³/mol. The van der Waals surface area contributed by atoms with Crippen LogP contribution in [0.15, 0.2) is 36.7 Å². The number of nitrogens with two attached hydrogens (primary N) is 1. The Kier molecular flexibility index (Phi) is 3.82. The number of benzene rings is 1. The molecule has 0 aliphatic heterocycles. The summed E-state index contributed by atoms with van der Waals surface area (Å²) < 4.78 is 2.31. The van der Waals surface area contributed by atoms with Crippen LogP contribution in [-0.4, -0.2) is 21.6 Å². The van der Waals surface area contributed by atoms with Crippen LogP contribution in [0.25, 0.3) is 10.1 Å². The molecule has 2 aromatic heterocycles. The van der Waals surface area contributed by atoms with E-state index < -0.39 is 5.91 Å². The molecule has 6 nitrogen and oxygen atoms in total. The van der Waals surface area contributed by atoms with Gasteiger partial charge in [-0.05, 0) is 18.2 Å². The SMILES string of the molecule is NC(=O)Cn1cc(NC(=O)c2cc3c(Cl)cccc3s2)cn1. The van der Waals surface area contributed by atoms with Gasteiger partial charge in [-0.25, -0.2) is 0 Å². The van der Waals surface area contributed by atoms with Crippen LogP contribution < -0.4 is 11.1 Å². The number of nitrogens with one attached hydrogen (secondary N) is 1. The third kappa shape index (κ3) is 2.95. The Labute approximate surface area is 134 Å². The lowest BCUT2D eigenvalue weighted by molar-refractivity contribution is -0.118. The van der Waals surface area contributed by atoms with Gasteiger partial charge in [0.2, 0.25) is 5.91 Å². The highest BCUT2D eigenvalue weighted by atomic mass is 35.5. The first-order valence-electron chi connectivity index (χ1n) is 6.33. The van der Waals surface area contributed by atoms with Crippen LogP contribution >= 0.6 is 22.9 Å². The number of thiophene rings is 1. The Bertz CT molecular complexity index is 871.